The van der Waals surface area contributed by atoms with E-state index in [2.05, 4.69) is 15.2 Å². The van der Waals surface area contributed by atoms with Crippen LogP contribution in [0.1, 0.15) is 0 Å². The quantitative estimate of drug-likeness (QED) is 0.617. The largest absolute Gasteiger partial charge is 0.494 e. The molecule has 0 aliphatic carbocycles. The summed E-state index contributed by atoms with van der Waals surface area (Å²) >= 11 is 1.36. The summed E-state index contributed by atoms with van der Waals surface area (Å²) in [6.07, 6.45) is 3.61. The average molecular weight is 317 g/mol. The van der Waals surface area contributed by atoms with Crippen LogP contribution in [0.4, 0.5) is 0 Å². The van der Waals surface area contributed by atoms with E-state index in [-0.39, 0.29) is 5.56 Å². The second-order valence-electron chi connectivity index (χ2n) is 4.60. The molecule has 0 amide bonds. The van der Waals surface area contributed by atoms with Gasteiger partial charge in [0.05, 0.1) is 26.1 Å². The first-order valence-electron chi connectivity index (χ1n) is 6.38. The lowest BCUT2D eigenvalue weighted by molar-refractivity contribution is 0.405. The van der Waals surface area contributed by atoms with Crippen LogP contribution in [0.5, 0.6) is 10.9 Å². The van der Waals surface area contributed by atoms with Gasteiger partial charge in [-0.05, 0) is 17.4 Å². The maximum absolute atomic E-state index is 11.6. The minimum Gasteiger partial charge on any atom is -0.494 e. The van der Waals surface area contributed by atoms with Gasteiger partial charge in [0, 0.05) is 17.8 Å². The Labute approximate surface area is 127 Å². The van der Waals surface area contributed by atoms with Crippen molar-refractivity contribution < 1.29 is 9.47 Å². The van der Waals surface area contributed by atoms with Crippen molar-refractivity contribution in [2.24, 2.45) is 0 Å². The Hall–Kier alpha value is -2.81. The Bertz CT molecular complexity index is 1010. The Balaban J connectivity index is 1.88. The molecule has 4 aromatic heterocycles. The highest BCUT2D eigenvalue weighted by atomic mass is 32.1. The zero-order chi connectivity index (χ0) is 15.3. The molecule has 0 bridgehead atoms. The molecule has 0 saturated heterocycles. The Morgan fingerprint density at radius 2 is 2.09 bits per heavy atom. The fraction of sp³-hybridized carbons (Fsp3) is 0.154. The normalized spacial score (nSPS) is 11.4. The van der Waals surface area contributed by atoms with Gasteiger partial charge >= 0.3 is 0 Å². The molecule has 0 aliphatic heterocycles. The molecule has 1 N–H and O–H groups in total. The van der Waals surface area contributed by atoms with Gasteiger partial charge in [0.2, 0.25) is 4.96 Å². The summed E-state index contributed by atoms with van der Waals surface area (Å²) in [7, 11) is 3.10. The Morgan fingerprint density at radius 3 is 2.82 bits per heavy atom. The number of ether oxygens (including phenoxy) is 2. The van der Waals surface area contributed by atoms with E-state index in [4.69, 9.17) is 9.47 Å². The lowest BCUT2D eigenvalue weighted by Crippen LogP contribution is -2.09. The number of nitrogens with one attached hydrogen (secondary N) is 1. The van der Waals surface area contributed by atoms with Gasteiger partial charge in [-0.1, -0.05) is 0 Å². The lowest BCUT2D eigenvalue weighted by Gasteiger charge is -2.00. The summed E-state index contributed by atoms with van der Waals surface area (Å²) in [5.74, 6) is 0.510. The van der Waals surface area contributed by atoms with Crippen molar-refractivity contribution in [2.75, 3.05) is 14.2 Å². The second kappa shape index (κ2) is 4.60. The van der Waals surface area contributed by atoms with E-state index in [0.717, 1.165) is 21.7 Å². The third-order valence-electron chi connectivity index (χ3n) is 3.28. The van der Waals surface area contributed by atoms with Gasteiger partial charge in [-0.2, -0.15) is 0 Å². The number of methoxy groups -OCH3 is 2. The molecular weight excluding hydrogens is 306 g/mol. The molecule has 0 radical (unpaired) electrons. The Morgan fingerprint density at radius 1 is 1.23 bits per heavy atom. The highest BCUT2D eigenvalue weighted by Gasteiger charge is 2.13. The minimum absolute atomic E-state index is 0.233. The van der Waals surface area contributed by atoms with Crippen molar-refractivity contribution in [1.82, 2.24) is 24.2 Å². The number of imidazole rings is 1. The molecule has 0 aliphatic rings. The van der Waals surface area contributed by atoms with Crippen molar-refractivity contribution in [3.05, 3.63) is 34.9 Å². The first-order chi connectivity index (χ1) is 10.7. The molecule has 22 heavy (non-hydrogen) atoms. The van der Waals surface area contributed by atoms with E-state index in [9.17, 15) is 4.79 Å². The van der Waals surface area contributed by atoms with E-state index in [0.29, 0.717) is 10.9 Å². The van der Waals surface area contributed by atoms with Crippen LogP contribution in [0, 0.1) is 0 Å². The molecule has 0 fully saturated rings. The van der Waals surface area contributed by atoms with Crippen LogP contribution in [0.15, 0.2) is 29.3 Å². The number of hydrogen-bond acceptors (Lipinski definition) is 6. The third-order valence-corrected chi connectivity index (χ3v) is 4.16. The van der Waals surface area contributed by atoms with Gasteiger partial charge in [0.15, 0.2) is 0 Å². The number of nitrogens with zero attached hydrogens (tertiary/aromatic N) is 4. The summed E-state index contributed by atoms with van der Waals surface area (Å²) in [6.45, 7) is 0. The number of aromatic amines is 1. The molecule has 9 heteroatoms. The van der Waals surface area contributed by atoms with Crippen LogP contribution in [-0.2, 0) is 0 Å². The number of aromatic nitrogens is 5. The first-order valence-corrected chi connectivity index (χ1v) is 7.19. The molecule has 4 rings (SSSR count). The summed E-state index contributed by atoms with van der Waals surface area (Å²) in [6, 6.07) is 3.32. The van der Waals surface area contributed by atoms with Crippen LogP contribution < -0.4 is 15.0 Å². The van der Waals surface area contributed by atoms with Crippen molar-refractivity contribution in [3.63, 3.8) is 0 Å². The van der Waals surface area contributed by atoms with Crippen molar-refractivity contribution in [2.45, 2.75) is 0 Å². The van der Waals surface area contributed by atoms with Gasteiger partial charge in [0.25, 0.3) is 10.8 Å². The number of rotatable bonds is 3. The highest BCUT2D eigenvalue weighted by Crippen LogP contribution is 2.28. The number of hydrogen-bond donors (Lipinski definition) is 1. The predicted molar refractivity (Wildman–Crippen MR) is 81.0 cm³/mol. The van der Waals surface area contributed by atoms with Crippen molar-refractivity contribution in [3.8, 4) is 22.2 Å². The molecule has 112 valence electrons. The van der Waals surface area contributed by atoms with Gasteiger partial charge in [0.1, 0.15) is 11.3 Å². The monoisotopic (exact) mass is 317 g/mol. The Kier molecular flexibility index (Phi) is 2.70. The standard InChI is InChI=1S/C13H11N5O3S/c1-20-10-4-11(19)15-17-5-7(3-9(10)17)8-6-18-12(14-8)22-13(16-18)21-2/h3-6H,1-2H3,(H,15,19). The zero-order valence-electron chi connectivity index (χ0n) is 11.7. The van der Waals surface area contributed by atoms with Gasteiger partial charge in [-0.25, -0.2) is 9.50 Å². The molecule has 0 unspecified atom stereocenters. The van der Waals surface area contributed by atoms with Gasteiger partial charge < -0.3 is 9.47 Å². The molecule has 0 saturated carbocycles. The van der Waals surface area contributed by atoms with Crippen LogP contribution in [0.25, 0.3) is 21.7 Å². The maximum atomic E-state index is 11.6. The summed E-state index contributed by atoms with van der Waals surface area (Å²) in [5.41, 5.74) is 2.15. The van der Waals surface area contributed by atoms with Crippen LogP contribution >= 0.6 is 11.3 Å². The second-order valence-corrected chi connectivity index (χ2v) is 5.52. The molecule has 8 nitrogen and oxygen atoms in total. The van der Waals surface area contributed by atoms with Crippen LogP contribution in [0.3, 0.4) is 0 Å². The van der Waals surface area contributed by atoms with Gasteiger partial charge in [-0.15, -0.1) is 5.10 Å². The molecule has 4 aromatic rings. The fourth-order valence-corrected chi connectivity index (χ4v) is 3.00. The summed E-state index contributed by atoms with van der Waals surface area (Å²) < 4.78 is 13.6. The molecule has 0 aromatic carbocycles. The number of fused-ring (bicyclic) bond motifs is 2. The maximum Gasteiger partial charge on any atom is 0.294 e. The van der Waals surface area contributed by atoms with Gasteiger partial charge in [-0.3, -0.25) is 14.4 Å². The molecular formula is C13H11N5O3S. The SMILES string of the molecule is COc1nn2cc(-c3cc4c(OC)cc(=O)[nH]n4c3)nc2s1. The zero-order valence-corrected chi connectivity index (χ0v) is 12.5. The fourth-order valence-electron chi connectivity index (χ4n) is 2.30. The minimum atomic E-state index is -0.233. The molecule has 0 spiro atoms. The van der Waals surface area contributed by atoms with Crippen LogP contribution in [-0.4, -0.2) is 38.4 Å². The van der Waals surface area contributed by atoms with Crippen LogP contribution in [0.2, 0.25) is 0 Å². The highest BCUT2D eigenvalue weighted by molar-refractivity contribution is 7.18. The topological polar surface area (TPSA) is 85.9 Å². The number of H-pyrrole nitrogens is 1. The van der Waals surface area contributed by atoms with E-state index >= 15 is 0 Å². The molecule has 4 heterocycles. The van der Waals surface area contributed by atoms with Crippen molar-refractivity contribution >= 4 is 21.8 Å². The first kappa shape index (κ1) is 12.9. The van der Waals surface area contributed by atoms with E-state index in [1.807, 2.05) is 12.3 Å². The van der Waals surface area contributed by atoms with E-state index in [1.165, 1.54) is 24.5 Å². The van der Waals surface area contributed by atoms with Crippen molar-refractivity contribution in [1.29, 1.82) is 0 Å². The smallest absolute Gasteiger partial charge is 0.294 e. The molecule has 0 atom stereocenters. The lowest BCUT2D eigenvalue weighted by atomic mass is 10.2. The average Bonchev–Trinajstić information content (AvgIpc) is 3.16. The predicted octanol–water partition coefficient (Wildman–Crippen LogP) is 1.42. The third kappa shape index (κ3) is 1.86. The summed E-state index contributed by atoms with van der Waals surface area (Å²) in [5, 5.41) is 7.51. The summed E-state index contributed by atoms with van der Waals surface area (Å²) in [4.78, 5) is 16.8. The van der Waals surface area contributed by atoms with E-state index < -0.39 is 0 Å². The van der Waals surface area contributed by atoms with E-state index in [1.54, 1.807) is 22.3 Å².